The molecule has 0 saturated carbocycles. The quantitative estimate of drug-likeness (QED) is 0.749. The summed E-state index contributed by atoms with van der Waals surface area (Å²) >= 11 is 6.80. The largest absolute Gasteiger partial charge is 0.497 e. The van der Waals surface area contributed by atoms with E-state index >= 15 is 0 Å². The van der Waals surface area contributed by atoms with E-state index in [1.54, 1.807) is 37.5 Å². The number of ether oxygens (including phenoxy) is 1. The second-order valence-corrected chi connectivity index (χ2v) is 6.60. The van der Waals surface area contributed by atoms with Crippen molar-refractivity contribution in [1.29, 1.82) is 0 Å². The highest BCUT2D eigenvalue weighted by Gasteiger charge is 2.34. The fraction of sp³-hybridized carbons (Fsp3) is 0.111. The van der Waals surface area contributed by atoms with Gasteiger partial charge in [-0.2, -0.15) is 0 Å². The van der Waals surface area contributed by atoms with Crippen LogP contribution >= 0.6 is 23.4 Å². The van der Waals surface area contributed by atoms with Gasteiger partial charge in [-0.1, -0.05) is 35.9 Å². The Morgan fingerprint density at radius 2 is 1.75 bits per heavy atom. The lowest BCUT2D eigenvalue weighted by atomic mass is 10.2. The van der Waals surface area contributed by atoms with Crippen LogP contribution in [0.1, 0.15) is 11.1 Å². The van der Waals surface area contributed by atoms with Gasteiger partial charge in [0.15, 0.2) is 0 Å². The summed E-state index contributed by atoms with van der Waals surface area (Å²) in [6.07, 6.45) is 1.71. The van der Waals surface area contributed by atoms with Gasteiger partial charge in [-0.25, -0.2) is 0 Å². The normalized spacial score (nSPS) is 16.1. The molecule has 0 N–H and O–H groups in total. The zero-order chi connectivity index (χ0) is 17.1. The Morgan fingerprint density at radius 3 is 2.38 bits per heavy atom. The smallest absolute Gasteiger partial charge is 0.293 e. The van der Waals surface area contributed by atoms with Crippen molar-refractivity contribution < 1.29 is 14.3 Å². The number of carbonyl (C=O) groups excluding carboxylic acids is 2. The SMILES string of the molecule is COc1ccc(/C=C2\SC(=O)N(Cc3ccc(Cl)cc3)C2=O)cc1. The van der Waals surface area contributed by atoms with Gasteiger partial charge < -0.3 is 4.74 Å². The van der Waals surface area contributed by atoms with Crippen LogP contribution in [0.2, 0.25) is 5.02 Å². The Balaban J connectivity index is 1.77. The van der Waals surface area contributed by atoms with E-state index in [0.717, 1.165) is 28.6 Å². The third-order valence-electron chi connectivity index (χ3n) is 3.54. The van der Waals surface area contributed by atoms with Gasteiger partial charge in [0.25, 0.3) is 11.1 Å². The fourth-order valence-electron chi connectivity index (χ4n) is 2.26. The van der Waals surface area contributed by atoms with Crippen LogP contribution in [-0.4, -0.2) is 23.2 Å². The van der Waals surface area contributed by atoms with E-state index in [4.69, 9.17) is 16.3 Å². The predicted octanol–water partition coefficient (Wildman–Crippen LogP) is 4.59. The Bertz CT molecular complexity index is 800. The van der Waals surface area contributed by atoms with Crippen LogP contribution in [0.3, 0.4) is 0 Å². The van der Waals surface area contributed by atoms with Gasteiger partial charge in [0.1, 0.15) is 5.75 Å². The molecular formula is C18H14ClNO3S. The van der Waals surface area contributed by atoms with Crippen molar-refractivity contribution in [2.24, 2.45) is 0 Å². The maximum atomic E-state index is 12.5. The number of imide groups is 1. The molecule has 0 bridgehead atoms. The summed E-state index contributed by atoms with van der Waals surface area (Å²) in [6, 6.07) is 14.4. The van der Waals surface area contributed by atoms with E-state index < -0.39 is 0 Å². The molecule has 1 aliphatic rings. The summed E-state index contributed by atoms with van der Waals surface area (Å²) in [6.45, 7) is 0.238. The molecule has 2 aromatic rings. The molecular weight excluding hydrogens is 346 g/mol. The summed E-state index contributed by atoms with van der Waals surface area (Å²) in [5, 5.41) is 0.349. The minimum Gasteiger partial charge on any atom is -0.497 e. The maximum Gasteiger partial charge on any atom is 0.293 e. The summed E-state index contributed by atoms with van der Waals surface area (Å²) in [5.41, 5.74) is 1.69. The molecule has 2 amide bonds. The number of hydrogen-bond acceptors (Lipinski definition) is 4. The molecule has 4 nitrogen and oxygen atoms in total. The highest BCUT2D eigenvalue weighted by molar-refractivity contribution is 8.18. The number of nitrogens with zero attached hydrogens (tertiary/aromatic N) is 1. The number of thioether (sulfide) groups is 1. The molecule has 24 heavy (non-hydrogen) atoms. The second kappa shape index (κ2) is 7.11. The molecule has 0 radical (unpaired) electrons. The van der Waals surface area contributed by atoms with Crippen molar-refractivity contribution in [3.05, 3.63) is 69.6 Å². The van der Waals surface area contributed by atoms with Gasteiger partial charge in [-0.3, -0.25) is 14.5 Å². The molecule has 2 aromatic carbocycles. The Morgan fingerprint density at radius 1 is 1.08 bits per heavy atom. The van der Waals surface area contributed by atoms with Crippen LogP contribution in [0.25, 0.3) is 6.08 Å². The monoisotopic (exact) mass is 359 g/mol. The lowest BCUT2D eigenvalue weighted by Gasteiger charge is -2.12. The van der Waals surface area contributed by atoms with Gasteiger partial charge in [0.2, 0.25) is 0 Å². The van der Waals surface area contributed by atoms with Crippen molar-refractivity contribution >= 4 is 40.6 Å². The van der Waals surface area contributed by atoms with Gasteiger partial charge in [-0.15, -0.1) is 0 Å². The second-order valence-electron chi connectivity index (χ2n) is 5.17. The lowest BCUT2D eigenvalue weighted by Crippen LogP contribution is -2.27. The summed E-state index contributed by atoms with van der Waals surface area (Å²) < 4.78 is 5.10. The van der Waals surface area contributed by atoms with Gasteiger partial charge >= 0.3 is 0 Å². The minimum absolute atomic E-state index is 0.238. The minimum atomic E-state index is -0.282. The topological polar surface area (TPSA) is 46.6 Å². The lowest BCUT2D eigenvalue weighted by molar-refractivity contribution is -0.123. The molecule has 0 atom stereocenters. The first-order valence-electron chi connectivity index (χ1n) is 7.20. The fourth-order valence-corrected chi connectivity index (χ4v) is 3.22. The number of halogens is 1. The molecule has 0 aliphatic carbocycles. The average Bonchev–Trinajstić information content (AvgIpc) is 2.85. The van der Waals surface area contributed by atoms with Crippen LogP contribution < -0.4 is 4.74 Å². The molecule has 1 aliphatic heterocycles. The molecule has 3 rings (SSSR count). The van der Waals surface area contributed by atoms with Crippen LogP contribution in [0.4, 0.5) is 4.79 Å². The van der Waals surface area contributed by atoms with Crippen molar-refractivity contribution in [2.45, 2.75) is 6.54 Å². The van der Waals surface area contributed by atoms with E-state index in [-0.39, 0.29) is 17.7 Å². The molecule has 122 valence electrons. The van der Waals surface area contributed by atoms with Gasteiger partial charge in [0.05, 0.1) is 18.6 Å². The van der Waals surface area contributed by atoms with E-state index in [1.165, 1.54) is 4.90 Å². The van der Waals surface area contributed by atoms with Crippen LogP contribution in [0.15, 0.2) is 53.4 Å². The number of hydrogen-bond donors (Lipinski definition) is 0. The highest BCUT2D eigenvalue weighted by Crippen LogP contribution is 2.33. The van der Waals surface area contributed by atoms with Gasteiger partial charge in [0, 0.05) is 5.02 Å². The Labute approximate surface area is 149 Å². The zero-order valence-corrected chi connectivity index (χ0v) is 14.4. The number of rotatable bonds is 4. The molecule has 1 heterocycles. The highest BCUT2D eigenvalue weighted by atomic mass is 35.5. The summed E-state index contributed by atoms with van der Waals surface area (Å²) in [4.78, 5) is 26.3. The number of amides is 2. The predicted molar refractivity (Wildman–Crippen MR) is 96.0 cm³/mol. The van der Waals surface area contributed by atoms with E-state index in [1.807, 2.05) is 24.3 Å². The molecule has 0 unspecified atom stereocenters. The zero-order valence-electron chi connectivity index (χ0n) is 12.9. The van der Waals surface area contributed by atoms with Crippen LogP contribution in [0, 0.1) is 0 Å². The van der Waals surface area contributed by atoms with Crippen LogP contribution in [0.5, 0.6) is 5.75 Å². The average molecular weight is 360 g/mol. The molecule has 1 saturated heterocycles. The number of carbonyl (C=O) groups is 2. The van der Waals surface area contributed by atoms with Crippen molar-refractivity contribution in [3.63, 3.8) is 0 Å². The first-order valence-corrected chi connectivity index (χ1v) is 8.40. The first-order chi connectivity index (χ1) is 11.6. The molecule has 0 spiro atoms. The third kappa shape index (κ3) is 3.63. The van der Waals surface area contributed by atoms with Crippen molar-refractivity contribution in [2.75, 3.05) is 7.11 Å². The standard InChI is InChI=1S/C18H14ClNO3S/c1-23-15-8-4-12(5-9-15)10-16-17(21)20(18(22)24-16)11-13-2-6-14(19)7-3-13/h2-10H,11H2,1H3/b16-10-. The Kier molecular flexibility index (Phi) is 4.92. The van der Waals surface area contributed by atoms with E-state index in [2.05, 4.69) is 0 Å². The van der Waals surface area contributed by atoms with Crippen molar-refractivity contribution in [3.8, 4) is 5.75 Å². The molecule has 6 heteroatoms. The van der Waals surface area contributed by atoms with Crippen LogP contribution in [-0.2, 0) is 11.3 Å². The summed E-state index contributed by atoms with van der Waals surface area (Å²) in [7, 11) is 1.59. The summed E-state index contributed by atoms with van der Waals surface area (Å²) in [5.74, 6) is 0.457. The maximum absolute atomic E-state index is 12.5. The number of methoxy groups -OCH3 is 1. The van der Waals surface area contributed by atoms with Crippen molar-refractivity contribution in [1.82, 2.24) is 4.90 Å². The first kappa shape index (κ1) is 16.6. The third-order valence-corrected chi connectivity index (χ3v) is 4.70. The Hall–Kier alpha value is -2.24. The number of benzene rings is 2. The van der Waals surface area contributed by atoms with E-state index in [0.29, 0.717) is 9.93 Å². The van der Waals surface area contributed by atoms with E-state index in [9.17, 15) is 9.59 Å². The molecule has 1 fully saturated rings. The van der Waals surface area contributed by atoms with Gasteiger partial charge in [-0.05, 0) is 53.2 Å². The molecule has 0 aromatic heterocycles.